The molecular weight excluding hydrogens is 440 g/mol. The molecule has 8 nitrogen and oxygen atoms in total. The Bertz CT molecular complexity index is 1380. The largest absolute Gasteiger partial charge is 0.445 e. The minimum absolute atomic E-state index is 0.140. The highest BCUT2D eigenvalue weighted by atomic mass is 16.6. The van der Waals surface area contributed by atoms with Gasteiger partial charge in [-0.2, -0.15) is 0 Å². The number of anilines is 1. The molecule has 0 bridgehead atoms. The molecule has 4 heterocycles. The maximum Gasteiger partial charge on any atom is 0.410 e. The highest BCUT2D eigenvalue weighted by molar-refractivity contribution is 5.72. The van der Waals surface area contributed by atoms with Crippen LogP contribution in [0.1, 0.15) is 53.0 Å². The zero-order valence-electron chi connectivity index (χ0n) is 19.4. The smallest absolute Gasteiger partial charge is 0.410 e. The van der Waals surface area contributed by atoms with Crippen LogP contribution in [0, 0.1) is 0 Å². The molecule has 0 saturated carbocycles. The van der Waals surface area contributed by atoms with Crippen LogP contribution in [0.2, 0.25) is 0 Å². The van der Waals surface area contributed by atoms with Gasteiger partial charge in [-0.3, -0.25) is 4.40 Å². The van der Waals surface area contributed by atoms with Gasteiger partial charge in [0, 0.05) is 49.2 Å². The Morgan fingerprint density at radius 2 is 2.00 bits per heavy atom. The number of H-pyrrole nitrogens is 1. The fourth-order valence-corrected chi connectivity index (χ4v) is 5.25. The summed E-state index contributed by atoms with van der Waals surface area (Å²) in [7, 11) is 0. The number of amides is 1. The molecule has 6 rings (SSSR count). The number of ether oxygens (including phenoxy) is 1. The molecule has 3 N–H and O–H groups in total. The van der Waals surface area contributed by atoms with Crippen molar-refractivity contribution >= 4 is 23.5 Å². The summed E-state index contributed by atoms with van der Waals surface area (Å²) in [4.78, 5) is 27.2. The number of carbonyl (C=O) groups excluding carboxylic acids is 1. The summed E-state index contributed by atoms with van der Waals surface area (Å²) in [6.07, 6.45) is 12.2. The molecule has 1 unspecified atom stereocenters. The molecule has 1 aliphatic heterocycles. The van der Waals surface area contributed by atoms with E-state index in [1.165, 1.54) is 5.56 Å². The zero-order valence-corrected chi connectivity index (χ0v) is 19.4. The van der Waals surface area contributed by atoms with Crippen LogP contribution in [-0.4, -0.2) is 43.4 Å². The molecule has 1 saturated heterocycles. The van der Waals surface area contributed by atoms with Gasteiger partial charge in [-0.1, -0.05) is 36.4 Å². The van der Waals surface area contributed by atoms with Crippen molar-refractivity contribution in [3.05, 3.63) is 89.4 Å². The number of nitrogens with one attached hydrogen (secondary N) is 1. The van der Waals surface area contributed by atoms with E-state index >= 15 is 0 Å². The van der Waals surface area contributed by atoms with Gasteiger partial charge in [0.05, 0.1) is 5.69 Å². The molecule has 3 aromatic heterocycles. The van der Waals surface area contributed by atoms with Crippen molar-refractivity contribution in [2.45, 2.75) is 37.7 Å². The molecule has 1 aromatic carbocycles. The molecule has 1 fully saturated rings. The first-order chi connectivity index (χ1) is 17.2. The predicted molar refractivity (Wildman–Crippen MR) is 134 cm³/mol. The molecule has 0 radical (unpaired) electrons. The summed E-state index contributed by atoms with van der Waals surface area (Å²) >= 11 is 0. The normalized spacial score (nSPS) is 18.1. The van der Waals surface area contributed by atoms with Crippen LogP contribution in [0.3, 0.4) is 0 Å². The monoisotopic (exact) mass is 468 g/mol. The van der Waals surface area contributed by atoms with Crippen molar-refractivity contribution in [3.63, 3.8) is 0 Å². The number of carbonyl (C=O) groups is 1. The van der Waals surface area contributed by atoms with Crippen LogP contribution < -0.4 is 5.73 Å². The van der Waals surface area contributed by atoms with Gasteiger partial charge in [0.2, 0.25) is 0 Å². The third-order valence-corrected chi connectivity index (χ3v) is 7.12. The Morgan fingerprint density at radius 1 is 1.17 bits per heavy atom. The van der Waals surface area contributed by atoms with Crippen LogP contribution in [0.25, 0.3) is 11.6 Å². The van der Waals surface area contributed by atoms with E-state index in [-0.39, 0.29) is 24.5 Å². The Kier molecular flexibility index (Phi) is 5.48. The number of allylic oxidation sites excluding steroid dienone is 1. The molecule has 0 spiro atoms. The van der Waals surface area contributed by atoms with Crippen LogP contribution in [0.15, 0.2) is 61.1 Å². The number of benzene rings is 1. The van der Waals surface area contributed by atoms with Gasteiger partial charge in [0.1, 0.15) is 23.8 Å². The first-order valence-corrected chi connectivity index (χ1v) is 12.1. The fraction of sp³-hybridized carbons (Fsp3) is 0.296. The van der Waals surface area contributed by atoms with Gasteiger partial charge in [0.15, 0.2) is 0 Å². The number of hydrogen-bond acceptors (Lipinski definition) is 5. The lowest BCUT2D eigenvalue weighted by molar-refractivity contribution is 0.0866. The topological polar surface area (TPSA) is 102 Å². The second-order valence-corrected chi connectivity index (χ2v) is 9.27. The Hall–Kier alpha value is -4.07. The van der Waals surface area contributed by atoms with Crippen LogP contribution >= 0.6 is 0 Å². The summed E-state index contributed by atoms with van der Waals surface area (Å²) in [6, 6.07) is 11.9. The highest BCUT2D eigenvalue weighted by Gasteiger charge is 2.30. The van der Waals surface area contributed by atoms with Crippen molar-refractivity contribution in [3.8, 4) is 0 Å². The molecule has 1 amide bonds. The van der Waals surface area contributed by atoms with Gasteiger partial charge in [-0.15, -0.1) is 0 Å². The third kappa shape index (κ3) is 4.05. The van der Waals surface area contributed by atoms with E-state index in [1.54, 1.807) is 11.1 Å². The summed E-state index contributed by atoms with van der Waals surface area (Å²) in [5, 5.41) is 0. The first kappa shape index (κ1) is 21.5. The quantitative estimate of drug-likeness (QED) is 0.459. The lowest BCUT2D eigenvalue weighted by Crippen LogP contribution is -2.38. The number of nitrogen functional groups attached to an aromatic ring is 1. The number of piperidine rings is 1. The minimum Gasteiger partial charge on any atom is -0.445 e. The highest BCUT2D eigenvalue weighted by Crippen LogP contribution is 2.36. The molecule has 178 valence electrons. The van der Waals surface area contributed by atoms with Crippen LogP contribution in [0.4, 0.5) is 10.6 Å². The first-order valence-electron chi connectivity index (χ1n) is 12.1. The van der Waals surface area contributed by atoms with E-state index < -0.39 is 0 Å². The second kappa shape index (κ2) is 8.94. The van der Waals surface area contributed by atoms with Crippen molar-refractivity contribution in [1.29, 1.82) is 0 Å². The van der Waals surface area contributed by atoms with Crippen molar-refractivity contribution in [2.75, 3.05) is 18.8 Å². The van der Waals surface area contributed by atoms with Gasteiger partial charge in [0.25, 0.3) is 0 Å². The summed E-state index contributed by atoms with van der Waals surface area (Å²) < 4.78 is 7.63. The number of nitrogens with zero attached hydrogens (tertiary/aromatic N) is 4. The average Bonchev–Trinajstić information content (AvgIpc) is 3.53. The van der Waals surface area contributed by atoms with Crippen molar-refractivity contribution < 1.29 is 9.53 Å². The number of fused-ring (bicyclic) bond motifs is 2. The van der Waals surface area contributed by atoms with Gasteiger partial charge in [-0.05, 0) is 42.5 Å². The average molecular weight is 469 g/mol. The lowest BCUT2D eigenvalue weighted by atomic mass is 9.90. The molecular formula is C27H28N6O2. The van der Waals surface area contributed by atoms with Gasteiger partial charge < -0.3 is 20.4 Å². The summed E-state index contributed by atoms with van der Waals surface area (Å²) in [5.74, 6) is 1.86. The van der Waals surface area contributed by atoms with Gasteiger partial charge in [-0.25, -0.2) is 14.8 Å². The van der Waals surface area contributed by atoms with Crippen molar-refractivity contribution in [1.82, 2.24) is 24.3 Å². The van der Waals surface area contributed by atoms with E-state index in [0.717, 1.165) is 47.6 Å². The summed E-state index contributed by atoms with van der Waals surface area (Å²) in [5.41, 5.74) is 11.6. The zero-order chi connectivity index (χ0) is 23.8. The van der Waals surface area contributed by atoms with Crippen LogP contribution in [-0.2, 0) is 17.8 Å². The lowest BCUT2D eigenvalue weighted by Gasteiger charge is -2.30. The predicted octanol–water partition coefficient (Wildman–Crippen LogP) is 4.51. The van der Waals surface area contributed by atoms with Crippen molar-refractivity contribution in [2.24, 2.45) is 0 Å². The van der Waals surface area contributed by atoms with E-state index in [0.29, 0.717) is 18.9 Å². The SMILES string of the molecule is Nc1nccn2c(C3CCN(C(=O)OCc4ccccc4)CC3)nc(C3C=Cc4[nH]ccc4C3)c12. The number of rotatable bonds is 4. The number of likely N-dealkylation sites (tertiary alicyclic amines) is 1. The number of nitrogens with two attached hydrogens (primary N) is 1. The molecule has 35 heavy (non-hydrogen) atoms. The maximum atomic E-state index is 12.6. The maximum absolute atomic E-state index is 12.6. The van der Waals surface area contributed by atoms with E-state index in [4.69, 9.17) is 15.5 Å². The molecule has 1 aliphatic carbocycles. The van der Waals surface area contributed by atoms with Gasteiger partial charge >= 0.3 is 6.09 Å². The third-order valence-electron chi connectivity index (χ3n) is 7.12. The molecule has 1 atom stereocenters. The number of hydrogen-bond donors (Lipinski definition) is 2. The Labute approximate surface area is 203 Å². The number of aromatic nitrogens is 4. The minimum atomic E-state index is -0.260. The summed E-state index contributed by atoms with van der Waals surface area (Å²) in [6.45, 7) is 1.57. The fourth-order valence-electron chi connectivity index (χ4n) is 5.25. The number of aromatic amines is 1. The number of imidazole rings is 1. The van der Waals surface area contributed by atoms with E-state index in [2.05, 4.69) is 32.6 Å². The van der Waals surface area contributed by atoms with Crippen LogP contribution in [0.5, 0.6) is 0 Å². The standard InChI is InChI=1S/C27H28N6O2/c28-25-24-23(21-6-7-22-20(16-21)8-11-29-22)31-26(33(24)15-12-30-25)19-9-13-32(14-10-19)27(34)35-17-18-4-2-1-3-5-18/h1-8,11-12,15,19,21,29H,9-10,13-14,16-17H2,(H2,28,30). The second-order valence-electron chi connectivity index (χ2n) is 9.27. The van der Waals surface area contributed by atoms with E-state index in [1.807, 2.05) is 42.7 Å². The molecule has 8 heteroatoms. The van der Waals surface area contributed by atoms with E-state index in [9.17, 15) is 4.79 Å². The molecule has 4 aromatic rings. The Balaban J connectivity index is 1.19. The molecule has 2 aliphatic rings. The Morgan fingerprint density at radius 3 is 2.83 bits per heavy atom.